The van der Waals surface area contributed by atoms with Crippen LogP contribution in [0, 0.1) is 5.92 Å². The second-order valence-electron chi connectivity index (χ2n) is 8.07. The van der Waals surface area contributed by atoms with E-state index in [1.807, 2.05) is 18.2 Å². The monoisotopic (exact) mass is 398 g/mol. The minimum absolute atomic E-state index is 0.339. The van der Waals surface area contributed by atoms with E-state index in [4.69, 9.17) is 9.47 Å². The number of phenols is 1. The molecule has 1 N–H and O–H groups in total. The molecule has 0 aliphatic carbocycles. The van der Waals surface area contributed by atoms with Gasteiger partial charge in [-0.05, 0) is 81.2 Å². The van der Waals surface area contributed by atoms with Crippen LogP contribution in [0.3, 0.4) is 0 Å². The summed E-state index contributed by atoms with van der Waals surface area (Å²) in [6, 6.07) is 13.8. The summed E-state index contributed by atoms with van der Waals surface area (Å²) >= 11 is 0. The lowest BCUT2D eigenvalue weighted by molar-refractivity contribution is 0.153. The van der Waals surface area contributed by atoms with E-state index in [0.29, 0.717) is 11.7 Å². The van der Waals surface area contributed by atoms with Crippen molar-refractivity contribution < 1.29 is 14.6 Å². The summed E-state index contributed by atoms with van der Waals surface area (Å²) in [6.45, 7) is 5.24. The average Bonchev–Trinajstić information content (AvgIpc) is 2.75. The maximum Gasteiger partial charge on any atom is 0.120 e. The van der Waals surface area contributed by atoms with Crippen molar-refractivity contribution in [3.8, 4) is 17.2 Å². The Kier molecular flexibility index (Phi) is 7.78. The molecule has 3 rings (SSSR count). The Morgan fingerprint density at radius 1 is 1.00 bits per heavy atom. The zero-order chi connectivity index (χ0) is 20.6. The first-order valence-electron chi connectivity index (χ1n) is 10.5. The molecule has 0 radical (unpaired) electrons. The van der Waals surface area contributed by atoms with Gasteiger partial charge in [-0.2, -0.15) is 0 Å². The van der Waals surface area contributed by atoms with Crippen LogP contribution in [-0.2, 0) is 13.0 Å². The second kappa shape index (κ2) is 10.5. The minimum Gasteiger partial charge on any atom is -0.508 e. The Bertz CT molecular complexity index is 755. The third-order valence-electron chi connectivity index (χ3n) is 5.88. The maximum absolute atomic E-state index is 10.1. The van der Waals surface area contributed by atoms with Crippen LogP contribution in [0.15, 0.2) is 42.5 Å². The van der Waals surface area contributed by atoms with Crippen LogP contribution in [0.2, 0.25) is 0 Å². The number of methoxy groups -OCH3 is 2. The highest BCUT2D eigenvalue weighted by Crippen LogP contribution is 2.25. The SMILES string of the molecule is COc1ccc(CCN2CCC(CN(C)Cc3cc(OC)ccc3O)CC2)cc1. The van der Waals surface area contributed by atoms with E-state index in [-0.39, 0.29) is 0 Å². The van der Waals surface area contributed by atoms with Crippen LogP contribution in [-0.4, -0.2) is 62.4 Å². The van der Waals surface area contributed by atoms with Crippen LogP contribution in [0.5, 0.6) is 17.2 Å². The summed E-state index contributed by atoms with van der Waals surface area (Å²) < 4.78 is 10.5. The van der Waals surface area contributed by atoms with E-state index in [2.05, 4.69) is 29.0 Å². The number of hydrogen-bond acceptors (Lipinski definition) is 5. The predicted octanol–water partition coefficient (Wildman–Crippen LogP) is 3.80. The molecular formula is C24H34N2O3. The third kappa shape index (κ3) is 6.38. The molecule has 1 aliphatic rings. The summed E-state index contributed by atoms with van der Waals surface area (Å²) in [7, 11) is 5.49. The van der Waals surface area contributed by atoms with Gasteiger partial charge in [0, 0.05) is 25.2 Å². The zero-order valence-corrected chi connectivity index (χ0v) is 17.9. The Morgan fingerprint density at radius 3 is 2.31 bits per heavy atom. The predicted molar refractivity (Wildman–Crippen MR) is 117 cm³/mol. The lowest BCUT2D eigenvalue weighted by atomic mass is 9.95. The molecule has 2 aromatic rings. The van der Waals surface area contributed by atoms with Crippen molar-refractivity contribution in [1.29, 1.82) is 0 Å². The standard InChI is InChI=1S/C24H34N2O3/c1-25(18-21-16-23(29-3)8-9-24(21)27)17-20-11-14-26(15-12-20)13-10-19-4-6-22(28-2)7-5-19/h4-9,16,20,27H,10-15,17-18H2,1-3H3. The van der Waals surface area contributed by atoms with Crippen molar-refractivity contribution >= 4 is 0 Å². The molecular weight excluding hydrogens is 364 g/mol. The van der Waals surface area contributed by atoms with Crippen molar-refractivity contribution in [2.75, 3.05) is 47.4 Å². The molecule has 29 heavy (non-hydrogen) atoms. The van der Waals surface area contributed by atoms with Gasteiger partial charge < -0.3 is 24.4 Å². The first kappa shape index (κ1) is 21.5. The normalized spacial score (nSPS) is 15.6. The fourth-order valence-electron chi connectivity index (χ4n) is 4.08. The number of rotatable bonds is 9. The number of hydrogen-bond donors (Lipinski definition) is 1. The number of aromatic hydroxyl groups is 1. The highest BCUT2D eigenvalue weighted by molar-refractivity contribution is 5.39. The van der Waals surface area contributed by atoms with E-state index < -0.39 is 0 Å². The van der Waals surface area contributed by atoms with Gasteiger partial charge in [-0.15, -0.1) is 0 Å². The highest BCUT2D eigenvalue weighted by Gasteiger charge is 2.20. The van der Waals surface area contributed by atoms with Crippen molar-refractivity contribution in [3.63, 3.8) is 0 Å². The van der Waals surface area contributed by atoms with Crippen LogP contribution < -0.4 is 9.47 Å². The van der Waals surface area contributed by atoms with Gasteiger partial charge in [0.25, 0.3) is 0 Å². The molecule has 0 aromatic heterocycles. The smallest absolute Gasteiger partial charge is 0.120 e. The number of likely N-dealkylation sites (tertiary alicyclic amines) is 1. The number of piperidine rings is 1. The second-order valence-corrected chi connectivity index (χ2v) is 8.07. The lowest BCUT2D eigenvalue weighted by Gasteiger charge is -2.34. The molecule has 0 atom stereocenters. The molecule has 1 heterocycles. The first-order valence-corrected chi connectivity index (χ1v) is 10.5. The van der Waals surface area contributed by atoms with Crippen LogP contribution in [0.4, 0.5) is 0 Å². The Morgan fingerprint density at radius 2 is 1.66 bits per heavy atom. The topological polar surface area (TPSA) is 45.2 Å². The van der Waals surface area contributed by atoms with Gasteiger partial charge in [-0.25, -0.2) is 0 Å². The number of benzene rings is 2. The van der Waals surface area contributed by atoms with E-state index in [0.717, 1.165) is 43.1 Å². The van der Waals surface area contributed by atoms with Crippen molar-refractivity contribution in [3.05, 3.63) is 53.6 Å². The number of phenolic OH excluding ortho intramolecular Hbond substituents is 1. The molecule has 0 spiro atoms. The molecule has 5 nitrogen and oxygen atoms in total. The van der Waals surface area contributed by atoms with Gasteiger partial charge in [0.2, 0.25) is 0 Å². The van der Waals surface area contributed by atoms with Crippen molar-refractivity contribution in [1.82, 2.24) is 9.80 Å². The maximum atomic E-state index is 10.1. The van der Waals surface area contributed by atoms with Crippen LogP contribution >= 0.6 is 0 Å². The zero-order valence-electron chi connectivity index (χ0n) is 17.9. The summed E-state index contributed by atoms with van der Waals surface area (Å²) in [4.78, 5) is 4.89. The fourth-order valence-corrected chi connectivity index (χ4v) is 4.08. The molecule has 0 unspecified atom stereocenters. The first-order chi connectivity index (χ1) is 14.1. The Hall–Kier alpha value is -2.24. The van der Waals surface area contributed by atoms with E-state index in [1.54, 1.807) is 26.4 Å². The molecule has 0 saturated carbocycles. The summed E-state index contributed by atoms with van der Waals surface area (Å²) in [5, 5.41) is 10.1. The van der Waals surface area contributed by atoms with Gasteiger partial charge >= 0.3 is 0 Å². The Labute approximate surface area is 174 Å². The molecule has 1 saturated heterocycles. The molecule has 5 heteroatoms. The average molecular weight is 399 g/mol. The number of ether oxygens (including phenoxy) is 2. The van der Waals surface area contributed by atoms with Crippen molar-refractivity contribution in [2.24, 2.45) is 5.92 Å². The lowest BCUT2D eigenvalue weighted by Crippen LogP contribution is -2.38. The highest BCUT2D eigenvalue weighted by atomic mass is 16.5. The van der Waals surface area contributed by atoms with Gasteiger partial charge in [0.15, 0.2) is 0 Å². The minimum atomic E-state index is 0.339. The molecule has 2 aromatic carbocycles. The quantitative estimate of drug-likeness (QED) is 0.696. The van der Waals surface area contributed by atoms with Gasteiger partial charge in [0.1, 0.15) is 17.2 Å². The summed E-state index contributed by atoms with van der Waals surface area (Å²) in [5.74, 6) is 2.76. The van der Waals surface area contributed by atoms with Gasteiger partial charge in [-0.3, -0.25) is 0 Å². The van der Waals surface area contributed by atoms with Crippen LogP contribution in [0.1, 0.15) is 24.0 Å². The van der Waals surface area contributed by atoms with Gasteiger partial charge in [-0.1, -0.05) is 12.1 Å². The van der Waals surface area contributed by atoms with E-state index in [1.165, 1.54) is 31.5 Å². The van der Waals surface area contributed by atoms with E-state index >= 15 is 0 Å². The number of nitrogens with zero attached hydrogens (tertiary/aromatic N) is 2. The Balaban J connectivity index is 1.40. The summed E-state index contributed by atoms with van der Waals surface area (Å²) in [6.07, 6.45) is 3.55. The molecule has 1 fully saturated rings. The molecule has 1 aliphatic heterocycles. The molecule has 0 amide bonds. The van der Waals surface area contributed by atoms with Gasteiger partial charge in [0.05, 0.1) is 14.2 Å². The third-order valence-corrected chi connectivity index (χ3v) is 5.88. The van der Waals surface area contributed by atoms with E-state index in [9.17, 15) is 5.11 Å². The largest absolute Gasteiger partial charge is 0.508 e. The summed E-state index contributed by atoms with van der Waals surface area (Å²) in [5.41, 5.74) is 2.29. The fraction of sp³-hybridized carbons (Fsp3) is 0.500. The van der Waals surface area contributed by atoms with Crippen LogP contribution in [0.25, 0.3) is 0 Å². The van der Waals surface area contributed by atoms with Crippen molar-refractivity contribution in [2.45, 2.75) is 25.8 Å². The molecule has 158 valence electrons. The molecule has 0 bridgehead atoms.